The number of hydrogen-bond donors (Lipinski definition) is 1. The van der Waals surface area contributed by atoms with E-state index in [1.165, 1.54) is 11.1 Å². The summed E-state index contributed by atoms with van der Waals surface area (Å²) in [5.41, 5.74) is 8.53. The van der Waals surface area contributed by atoms with Crippen LogP contribution in [0.2, 0.25) is 5.02 Å². The minimum absolute atomic E-state index is 0.00353. The lowest BCUT2D eigenvalue weighted by Gasteiger charge is -2.16. The van der Waals surface area contributed by atoms with E-state index >= 15 is 0 Å². The van der Waals surface area contributed by atoms with Gasteiger partial charge in [-0.05, 0) is 29.7 Å². The first kappa shape index (κ1) is 10.9. The van der Waals surface area contributed by atoms with Gasteiger partial charge in [-0.1, -0.05) is 24.6 Å². The Morgan fingerprint density at radius 1 is 1.53 bits per heavy atom. The highest BCUT2D eigenvalue weighted by atomic mass is 35.5. The van der Waals surface area contributed by atoms with Gasteiger partial charge in [-0.25, -0.2) is 0 Å². The van der Waals surface area contributed by atoms with Crippen LogP contribution in [-0.4, -0.2) is 12.7 Å². The molecule has 0 heterocycles. The van der Waals surface area contributed by atoms with Crippen LogP contribution < -0.4 is 5.73 Å². The predicted octanol–water partition coefficient (Wildman–Crippen LogP) is 2.69. The zero-order valence-electron chi connectivity index (χ0n) is 8.87. The van der Waals surface area contributed by atoms with Crippen molar-refractivity contribution >= 4 is 11.6 Å². The number of hydrogen-bond acceptors (Lipinski definition) is 2. The molecule has 0 amide bonds. The van der Waals surface area contributed by atoms with Crippen molar-refractivity contribution < 1.29 is 4.74 Å². The molecular formula is C12H16ClNO. The Morgan fingerprint density at radius 3 is 3.07 bits per heavy atom. The Kier molecular flexibility index (Phi) is 3.29. The first-order valence-electron chi connectivity index (χ1n) is 5.38. The Balaban J connectivity index is 2.14. The van der Waals surface area contributed by atoms with E-state index in [0.717, 1.165) is 24.5 Å². The normalized spacial score (nSPS) is 24.2. The molecule has 0 saturated carbocycles. The summed E-state index contributed by atoms with van der Waals surface area (Å²) in [4.78, 5) is 0. The lowest BCUT2D eigenvalue weighted by molar-refractivity contribution is 0.0441. The van der Waals surface area contributed by atoms with Crippen molar-refractivity contribution in [3.8, 4) is 0 Å². The van der Waals surface area contributed by atoms with E-state index in [1.807, 2.05) is 18.2 Å². The van der Waals surface area contributed by atoms with Crippen LogP contribution in [0.15, 0.2) is 18.2 Å². The average molecular weight is 226 g/mol. The minimum Gasteiger partial charge on any atom is -0.376 e. The third kappa shape index (κ3) is 2.17. The zero-order chi connectivity index (χ0) is 10.8. The molecule has 1 aliphatic rings. The molecule has 2 N–H and O–H groups in total. The number of benzene rings is 1. The van der Waals surface area contributed by atoms with Gasteiger partial charge in [0.1, 0.15) is 0 Å². The van der Waals surface area contributed by atoms with Crippen LogP contribution >= 0.6 is 11.6 Å². The fourth-order valence-corrected chi connectivity index (χ4v) is 2.25. The van der Waals surface area contributed by atoms with Crippen molar-refractivity contribution in [1.82, 2.24) is 0 Å². The summed E-state index contributed by atoms with van der Waals surface area (Å²) in [7, 11) is 0. The van der Waals surface area contributed by atoms with Crippen LogP contribution in [-0.2, 0) is 11.2 Å². The zero-order valence-corrected chi connectivity index (χ0v) is 9.63. The summed E-state index contributed by atoms with van der Waals surface area (Å²) < 4.78 is 5.72. The maximum Gasteiger partial charge on any atom is 0.0808 e. The predicted molar refractivity (Wildman–Crippen MR) is 62.1 cm³/mol. The summed E-state index contributed by atoms with van der Waals surface area (Å²) in [5, 5.41) is 0.775. The maximum atomic E-state index is 6.11. The largest absolute Gasteiger partial charge is 0.376 e. The maximum absolute atomic E-state index is 6.11. The highest BCUT2D eigenvalue weighted by Gasteiger charge is 2.30. The van der Waals surface area contributed by atoms with E-state index in [4.69, 9.17) is 22.1 Å². The second kappa shape index (κ2) is 4.52. The molecule has 2 nitrogen and oxygen atoms in total. The summed E-state index contributed by atoms with van der Waals surface area (Å²) in [5.74, 6) is 0. The van der Waals surface area contributed by atoms with E-state index in [9.17, 15) is 0 Å². The van der Waals surface area contributed by atoms with E-state index < -0.39 is 0 Å². The van der Waals surface area contributed by atoms with Gasteiger partial charge in [0.05, 0.1) is 12.1 Å². The highest BCUT2D eigenvalue weighted by molar-refractivity contribution is 6.30. The van der Waals surface area contributed by atoms with Crippen LogP contribution in [0.3, 0.4) is 0 Å². The fourth-order valence-electron chi connectivity index (χ4n) is 2.05. The van der Waals surface area contributed by atoms with Gasteiger partial charge in [-0.15, -0.1) is 0 Å². The third-order valence-electron chi connectivity index (χ3n) is 2.82. The van der Waals surface area contributed by atoms with E-state index in [0.29, 0.717) is 0 Å². The van der Waals surface area contributed by atoms with Crippen LogP contribution in [0, 0.1) is 0 Å². The summed E-state index contributed by atoms with van der Waals surface area (Å²) >= 11 is 5.94. The number of fused-ring (bicyclic) bond motifs is 1. The Hall–Kier alpha value is -0.570. The Labute approximate surface area is 95.4 Å². The quantitative estimate of drug-likeness (QED) is 0.859. The van der Waals surface area contributed by atoms with Crippen molar-refractivity contribution in [2.75, 3.05) is 6.61 Å². The molecular weight excluding hydrogens is 210 g/mol. The van der Waals surface area contributed by atoms with Gasteiger partial charge in [-0.2, -0.15) is 0 Å². The van der Waals surface area contributed by atoms with Crippen molar-refractivity contribution in [2.45, 2.75) is 31.9 Å². The molecule has 0 aromatic heterocycles. The molecule has 0 saturated heterocycles. The molecule has 0 spiro atoms. The smallest absolute Gasteiger partial charge is 0.0808 e. The fraction of sp³-hybridized carbons (Fsp3) is 0.500. The van der Waals surface area contributed by atoms with E-state index in [2.05, 4.69) is 6.92 Å². The van der Waals surface area contributed by atoms with Gasteiger partial charge in [0.25, 0.3) is 0 Å². The van der Waals surface area contributed by atoms with Crippen molar-refractivity contribution in [2.24, 2.45) is 5.73 Å². The van der Waals surface area contributed by atoms with Crippen molar-refractivity contribution in [3.63, 3.8) is 0 Å². The molecule has 3 heteroatoms. The lowest BCUT2D eigenvalue weighted by atomic mass is 10.1. The topological polar surface area (TPSA) is 35.2 Å². The molecule has 0 radical (unpaired) electrons. The molecule has 15 heavy (non-hydrogen) atoms. The van der Waals surface area contributed by atoms with Crippen LogP contribution in [0.5, 0.6) is 0 Å². The van der Waals surface area contributed by atoms with Crippen LogP contribution in [0.1, 0.15) is 30.5 Å². The minimum atomic E-state index is 0.00353. The van der Waals surface area contributed by atoms with Crippen molar-refractivity contribution in [1.29, 1.82) is 0 Å². The molecule has 82 valence electrons. The standard InChI is InChI=1S/C12H16ClNO/c1-2-5-15-11-7-8-6-9(13)3-4-10(8)12(11)14/h3-4,6,11-12H,2,5,7,14H2,1H3. The lowest BCUT2D eigenvalue weighted by Crippen LogP contribution is -2.25. The molecule has 2 unspecified atom stereocenters. The van der Waals surface area contributed by atoms with E-state index in [-0.39, 0.29) is 12.1 Å². The Bertz CT molecular complexity index is 353. The SMILES string of the molecule is CCCOC1Cc2cc(Cl)ccc2C1N. The molecule has 1 aromatic carbocycles. The number of ether oxygens (including phenoxy) is 1. The summed E-state index contributed by atoms with van der Waals surface area (Å²) in [6, 6.07) is 5.90. The second-order valence-electron chi connectivity index (χ2n) is 3.98. The van der Waals surface area contributed by atoms with Gasteiger partial charge < -0.3 is 10.5 Å². The number of rotatable bonds is 3. The third-order valence-corrected chi connectivity index (χ3v) is 3.06. The van der Waals surface area contributed by atoms with E-state index in [1.54, 1.807) is 0 Å². The molecule has 1 aliphatic carbocycles. The number of halogens is 1. The first-order valence-corrected chi connectivity index (χ1v) is 5.75. The molecule has 2 atom stereocenters. The van der Waals surface area contributed by atoms with Gasteiger partial charge in [-0.3, -0.25) is 0 Å². The monoisotopic (exact) mass is 225 g/mol. The van der Waals surface area contributed by atoms with Gasteiger partial charge in [0.2, 0.25) is 0 Å². The first-order chi connectivity index (χ1) is 7.22. The Morgan fingerprint density at radius 2 is 2.33 bits per heavy atom. The molecule has 2 rings (SSSR count). The van der Waals surface area contributed by atoms with Gasteiger partial charge >= 0.3 is 0 Å². The average Bonchev–Trinajstić information content (AvgIpc) is 2.52. The molecule has 0 fully saturated rings. The molecule has 0 aliphatic heterocycles. The second-order valence-corrected chi connectivity index (χ2v) is 4.42. The summed E-state index contributed by atoms with van der Waals surface area (Å²) in [6.45, 7) is 2.88. The highest BCUT2D eigenvalue weighted by Crippen LogP contribution is 2.33. The van der Waals surface area contributed by atoms with Gasteiger partial charge in [0.15, 0.2) is 0 Å². The van der Waals surface area contributed by atoms with Gasteiger partial charge in [0, 0.05) is 18.1 Å². The van der Waals surface area contributed by atoms with Crippen LogP contribution in [0.4, 0.5) is 0 Å². The summed E-state index contributed by atoms with van der Waals surface area (Å²) in [6.07, 6.45) is 2.04. The van der Waals surface area contributed by atoms with Crippen molar-refractivity contribution in [3.05, 3.63) is 34.3 Å². The molecule has 0 bridgehead atoms. The molecule has 1 aromatic rings. The van der Waals surface area contributed by atoms with Crippen LogP contribution in [0.25, 0.3) is 0 Å². The number of nitrogens with two attached hydrogens (primary N) is 1.